The van der Waals surface area contributed by atoms with Crippen molar-refractivity contribution in [2.45, 2.75) is 6.04 Å². The van der Waals surface area contributed by atoms with Crippen molar-refractivity contribution in [3.63, 3.8) is 0 Å². The molecule has 0 aliphatic carbocycles. The van der Waals surface area contributed by atoms with Gasteiger partial charge in [-0.2, -0.15) is 0 Å². The van der Waals surface area contributed by atoms with Crippen LogP contribution in [-0.4, -0.2) is 24.2 Å². The summed E-state index contributed by atoms with van der Waals surface area (Å²) in [7, 11) is 0. The number of rotatable bonds is 3. The highest BCUT2D eigenvalue weighted by molar-refractivity contribution is 9.10. The van der Waals surface area contributed by atoms with Gasteiger partial charge in [-0.3, -0.25) is 10.1 Å². The number of anilines is 1. The van der Waals surface area contributed by atoms with Crippen LogP contribution in [0, 0.1) is 10.1 Å². The fourth-order valence-corrected chi connectivity index (χ4v) is 1.68. The maximum absolute atomic E-state index is 10.7. The Morgan fingerprint density at radius 3 is 2.80 bits per heavy atom. The molecule has 1 heterocycles. The van der Waals surface area contributed by atoms with E-state index in [1.54, 1.807) is 12.1 Å². The average Bonchev–Trinajstić information content (AvgIpc) is 2.11. The van der Waals surface area contributed by atoms with Crippen LogP contribution >= 0.6 is 15.9 Å². The Labute approximate surface area is 94.7 Å². The van der Waals surface area contributed by atoms with E-state index in [0.29, 0.717) is 18.9 Å². The molecule has 0 unspecified atom stereocenters. The van der Waals surface area contributed by atoms with Crippen molar-refractivity contribution in [1.29, 1.82) is 0 Å². The summed E-state index contributed by atoms with van der Waals surface area (Å²) in [5, 5.41) is 13.8. The number of hydrogen-bond acceptors (Lipinski definition) is 4. The highest BCUT2D eigenvalue weighted by atomic mass is 79.9. The van der Waals surface area contributed by atoms with Gasteiger partial charge in [0.25, 0.3) is 5.69 Å². The monoisotopic (exact) mass is 272 g/mol. The van der Waals surface area contributed by atoms with E-state index >= 15 is 0 Å². The second-order valence-electron chi connectivity index (χ2n) is 3.30. The predicted molar refractivity (Wildman–Crippen MR) is 59.0 cm³/mol. The van der Waals surface area contributed by atoms with Gasteiger partial charge in [0.1, 0.15) is 5.69 Å². The second-order valence-corrected chi connectivity index (χ2v) is 4.21. The number of hydrogen-bond donors (Lipinski definition) is 1. The van der Waals surface area contributed by atoms with Crippen LogP contribution < -0.4 is 5.32 Å². The predicted octanol–water partition coefficient (Wildman–Crippen LogP) is 2.17. The van der Waals surface area contributed by atoms with E-state index in [1.165, 1.54) is 6.07 Å². The normalized spacial score (nSPS) is 15.8. The third-order valence-corrected chi connectivity index (χ3v) is 2.65. The van der Waals surface area contributed by atoms with E-state index in [-0.39, 0.29) is 11.7 Å². The topological polar surface area (TPSA) is 64.4 Å². The number of benzene rings is 1. The van der Waals surface area contributed by atoms with Crippen LogP contribution in [0.5, 0.6) is 0 Å². The van der Waals surface area contributed by atoms with Crippen LogP contribution in [0.15, 0.2) is 22.7 Å². The highest BCUT2D eigenvalue weighted by Crippen LogP contribution is 2.29. The summed E-state index contributed by atoms with van der Waals surface area (Å²) in [6.07, 6.45) is 0. The van der Waals surface area contributed by atoms with Gasteiger partial charge >= 0.3 is 0 Å². The van der Waals surface area contributed by atoms with Crippen LogP contribution in [0.3, 0.4) is 0 Å². The van der Waals surface area contributed by atoms with Crippen molar-refractivity contribution in [3.8, 4) is 0 Å². The summed E-state index contributed by atoms with van der Waals surface area (Å²) in [5.74, 6) is 0. The largest absolute Gasteiger partial charge is 0.377 e. The lowest BCUT2D eigenvalue weighted by molar-refractivity contribution is -0.384. The summed E-state index contributed by atoms with van der Waals surface area (Å²) in [6, 6.07) is 5.01. The van der Waals surface area contributed by atoms with Crippen molar-refractivity contribution < 1.29 is 9.66 Å². The zero-order valence-electron chi connectivity index (χ0n) is 7.77. The third-order valence-electron chi connectivity index (χ3n) is 2.15. The lowest BCUT2D eigenvalue weighted by atomic mass is 10.2. The average molecular weight is 273 g/mol. The molecule has 0 amide bonds. The van der Waals surface area contributed by atoms with Crippen LogP contribution in [0.4, 0.5) is 11.4 Å². The maximum atomic E-state index is 10.7. The van der Waals surface area contributed by atoms with Crippen molar-refractivity contribution in [3.05, 3.63) is 32.8 Å². The Morgan fingerprint density at radius 1 is 1.53 bits per heavy atom. The molecule has 0 radical (unpaired) electrons. The van der Waals surface area contributed by atoms with Gasteiger partial charge in [-0.25, -0.2) is 0 Å². The minimum atomic E-state index is -0.395. The Hall–Kier alpha value is -1.14. The lowest BCUT2D eigenvalue weighted by Crippen LogP contribution is -2.40. The van der Waals surface area contributed by atoms with Gasteiger partial charge in [0.15, 0.2) is 0 Å². The number of nitrogens with one attached hydrogen (secondary N) is 1. The van der Waals surface area contributed by atoms with Gasteiger partial charge in [0.05, 0.1) is 24.2 Å². The number of halogens is 1. The summed E-state index contributed by atoms with van der Waals surface area (Å²) < 4.78 is 5.81. The lowest BCUT2D eigenvalue weighted by Gasteiger charge is -2.27. The maximum Gasteiger partial charge on any atom is 0.292 e. The quantitative estimate of drug-likeness (QED) is 0.677. The zero-order valence-corrected chi connectivity index (χ0v) is 9.36. The van der Waals surface area contributed by atoms with Crippen LogP contribution in [0.25, 0.3) is 0 Å². The first kappa shape index (κ1) is 10.4. The molecule has 0 atom stereocenters. The molecule has 1 saturated heterocycles. The van der Waals surface area contributed by atoms with E-state index in [1.807, 2.05) is 0 Å². The molecule has 6 heteroatoms. The van der Waals surface area contributed by atoms with Crippen LogP contribution in [-0.2, 0) is 4.74 Å². The summed E-state index contributed by atoms with van der Waals surface area (Å²) in [6.45, 7) is 1.20. The van der Waals surface area contributed by atoms with E-state index in [9.17, 15) is 10.1 Å². The Balaban J connectivity index is 2.24. The molecule has 5 nitrogen and oxygen atoms in total. The van der Waals surface area contributed by atoms with Gasteiger partial charge < -0.3 is 10.1 Å². The Morgan fingerprint density at radius 2 is 2.27 bits per heavy atom. The summed E-state index contributed by atoms with van der Waals surface area (Å²) in [5.41, 5.74) is 0.618. The molecule has 15 heavy (non-hydrogen) atoms. The summed E-state index contributed by atoms with van der Waals surface area (Å²) in [4.78, 5) is 10.3. The van der Waals surface area contributed by atoms with Crippen molar-refractivity contribution in [2.24, 2.45) is 0 Å². The first-order chi connectivity index (χ1) is 7.16. The molecule has 2 rings (SSSR count). The van der Waals surface area contributed by atoms with Crippen molar-refractivity contribution >= 4 is 27.3 Å². The standard InChI is InChI=1S/C9H9BrN2O3/c10-6-1-2-9(12(13)14)8(3-6)11-7-4-15-5-7/h1-3,7,11H,4-5H2. The molecule has 1 N–H and O–H groups in total. The second kappa shape index (κ2) is 4.16. The highest BCUT2D eigenvalue weighted by Gasteiger charge is 2.22. The molecule has 0 spiro atoms. The Kier molecular flexibility index (Phi) is 2.88. The number of nitro benzene ring substituents is 1. The van der Waals surface area contributed by atoms with Gasteiger partial charge in [-0.1, -0.05) is 15.9 Å². The minimum absolute atomic E-state index is 0.0881. The fourth-order valence-electron chi connectivity index (χ4n) is 1.32. The molecule has 1 fully saturated rings. The van der Waals surface area contributed by atoms with Gasteiger partial charge in [0.2, 0.25) is 0 Å². The number of nitro groups is 1. The number of nitrogens with zero attached hydrogens (tertiary/aromatic N) is 1. The van der Waals surface area contributed by atoms with E-state index < -0.39 is 4.92 Å². The first-order valence-corrected chi connectivity index (χ1v) is 5.24. The SMILES string of the molecule is O=[N+]([O-])c1ccc(Br)cc1NC1COC1. The third kappa shape index (κ3) is 2.27. The minimum Gasteiger partial charge on any atom is -0.377 e. The van der Waals surface area contributed by atoms with E-state index in [0.717, 1.165) is 4.47 Å². The summed E-state index contributed by atoms with van der Waals surface area (Å²) >= 11 is 3.28. The van der Waals surface area contributed by atoms with Gasteiger partial charge in [-0.15, -0.1) is 0 Å². The molecule has 1 aliphatic rings. The molecule has 1 aromatic carbocycles. The van der Waals surface area contributed by atoms with Crippen LogP contribution in [0.2, 0.25) is 0 Å². The molecular formula is C9H9BrN2O3. The van der Waals surface area contributed by atoms with E-state index in [2.05, 4.69) is 21.2 Å². The molecule has 1 aliphatic heterocycles. The molecular weight excluding hydrogens is 264 g/mol. The van der Waals surface area contributed by atoms with Gasteiger partial charge in [-0.05, 0) is 12.1 Å². The molecule has 0 aromatic heterocycles. The zero-order chi connectivity index (χ0) is 10.8. The van der Waals surface area contributed by atoms with Crippen LogP contribution in [0.1, 0.15) is 0 Å². The molecule has 1 aromatic rings. The molecule has 80 valence electrons. The Bertz CT molecular complexity index is 393. The van der Waals surface area contributed by atoms with Gasteiger partial charge in [0, 0.05) is 10.5 Å². The molecule has 0 bridgehead atoms. The molecule has 0 saturated carbocycles. The first-order valence-electron chi connectivity index (χ1n) is 4.45. The number of ether oxygens (including phenoxy) is 1. The van der Waals surface area contributed by atoms with E-state index in [4.69, 9.17) is 4.74 Å². The fraction of sp³-hybridized carbons (Fsp3) is 0.333. The smallest absolute Gasteiger partial charge is 0.292 e. The van der Waals surface area contributed by atoms with Crippen molar-refractivity contribution in [2.75, 3.05) is 18.5 Å². The van der Waals surface area contributed by atoms with Crippen molar-refractivity contribution in [1.82, 2.24) is 0 Å².